The molecule has 2 amide bonds. The maximum Gasteiger partial charge on any atom is 0.256 e. The van der Waals surface area contributed by atoms with Gasteiger partial charge in [0, 0.05) is 44.3 Å². The molecule has 1 aliphatic heterocycles. The number of carbonyl (C=O) groups is 2. The van der Waals surface area contributed by atoms with E-state index >= 15 is 0 Å². The predicted octanol–water partition coefficient (Wildman–Crippen LogP) is 1.96. The fraction of sp³-hybridized carbons (Fsp3) is 0.579. The van der Waals surface area contributed by atoms with Gasteiger partial charge in [-0.05, 0) is 45.4 Å². The van der Waals surface area contributed by atoms with Crippen molar-refractivity contribution in [3.63, 3.8) is 0 Å². The van der Waals surface area contributed by atoms with E-state index in [0.717, 1.165) is 25.8 Å². The molecular weight excluding hydrogens is 380 g/mol. The second-order valence-electron chi connectivity index (χ2n) is 8.12. The van der Waals surface area contributed by atoms with Crippen LogP contribution in [0, 0.1) is 0 Å². The van der Waals surface area contributed by atoms with Gasteiger partial charge < -0.3 is 10.2 Å². The highest BCUT2D eigenvalue weighted by molar-refractivity contribution is 7.92. The zero-order valence-electron chi connectivity index (χ0n) is 17.2. The summed E-state index contributed by atoms with van der Waals surface area (Å²) in [4.78, 5) is 28.7. The number of rotatable bonds is 4. The van der Waals surface area contributed by atoms with Crippen LogP contribution in [0.1, 0.15) is 44.5 Å². The van der Waals surface area contributed by atoms with Crippen molar-refractivity contribution < 1.29 is 18.0 Å². The van der Waals surface area contributed by atoms with Gasteiger partial charge in [-0.15, -0.1) is 0 Å². The van der Waals surface area contributed by atoms with Crippen molar-refractivity contribution in [1.82, 2.24) is 9.80 Å². The molecule has 9 heteroatoms. The SMILES string of the molecule is CC(=O)Nc1ccc(NS(C)(=O)=O)c(C(=O)N2CCCN(C(C)(C)C)CC2)c1. The summed E-state index contributed by atoms with van der Waals surface area (Å²) in [5.41, 5.74) is 0.897. The van der Waals surface area contributed by atoms with Gasteiger partial charge in [-0.2, -0.15) is 0 Å². The van der Waals surface area contributed by atoms with Crippen molar-refractivity contribution >= 4 is 33.2 Å². The topological polar surface area (TPSA) is 98.8 Å². The van der Waals surface area contributed by atoms with Crippen LogP contribution in [-0.4, -0.2) is 68.0 Å². The summed E-state index contributed by atoms with van der Waals surface area (Å²) in [5.74, 6) is -0.521. The molecule has 0 unspecified atom stereocenters. The van der Waals surface area contributed by atoms with Crippen LogP contribution in [0.4, 0.5) is 11.4 Å². The minimum Gasteiger partial charge on any atom is -0.337 e. The molecule has 2 N–H and O–H groups in total. The molecule has 1 fully saturated rings. The van der Waals surface area contributed by atoms with Gasteiger partial charge in [-0.25, -0.2) is 8.42 Å². The smallest absolute Gasteiger partial charge is 0.256 e. The molecule has 0 radical (unpaired) electrons. The number of hydrogen-bond acceptors (Lipinski definition) is 5. The van der Waals surface area contributed by atoms with Gasteiger partial charge in [0.25, 0.3) is 5.91 Å². The second kappa shape index (κ2) is 8.48. The second-order valence-corrected chi connectivity index (χ2v) is 9.87. The third-order valence-corrected chi connectivity index (χ3v) is 5.19. The van der Waals surface area contributed by atoms with E-state index in [1.54, 1.807) is 11.0 Å². The first-order valence-electron chi connectivity index (χ1n) is 9.30. The molecule has 1 saturated heterocycles. The van der Waals surface area contributed by atoms with Gasteiger partial charge in [0.05, 0.1) is 17.5 Å². The first kappa shape index (κ1) is 22.2. The van der Waals surface area contributed by atoms with Crippen molar-refractivity contribution in [2.75, 3.05) is 42.5 Å². The molecule has 0 aliphatic carbocycles. The van der Waals surface area contributed by atoms with Gasteiger partial charge in [0.2, 0.25) is 15.9 Å². The summed E-state index contributed by atoms with van der Waals surface area (Å²) < 4.78 is 25.8. The molecule has 1 aromatic carbocycles. The van der Waals surface area contributed by atoms with E-state index in [-0.39, 0.29) is 28.6 Å². The van der Waals surface area contributed by atoms with E-state index in [4.69, 9.17) is 0 Å². The lowest BCUT2D eigenvalue weighted by atomic mass is 10.1. The Labute approximate surface area is 167 Å². The molecule has 1 heterocycles. The third-order valence-electron chi connectivity index (χ3n) is 4.60. The van der Waals surface area contributed by atoms with Crippen molar-refractivity contribution in [2.24, 2.45) is 0 Å². The van der Waals surface area contributed by atoms with Crippen LogP contribution in [0.5, 0.6) is 0 Å². The molecular formula is C19H30N4O4S. The van der Waals surface area contributed by atoms with Crippen LogP contribution in [0.15, 0.2) is 18.2 Å². The summed E-state index contributed by atoms with van der Waals surface area (Å²) in [6.07, 6.45) is 1.87. The van der Waals surface area contributed by atoms with E-state index in [0.29, 0.717) is 18.8 Å². The van der Waals surface area contributed by atoms with Crippen LogP contribution in [0.2, 0.25) is 0 Å². The summed E-state index contributed by atoms with van der Waals surface area (Å²) in [6, 6.07) is 4.58. The minimum absolute atomic E-state index is 0.0212. The highest BCUT2D eigenvalue weighted by atomic mass is 32.2. The number of nitrogens with zero attached hydrogens (tertiary/aromatic N) is 2. The lowest BCUT2D eigenvalue weighted by molar-refractivity contribution is -0.114. The van der Waals surface area contributed by atoms with E-state index in [9.17, 15) is 18.0 Å². The van der Waals surface area contributed by atoms with Crippen LogP contribution < -0.4 is 10.0 Å². The Morgan fingerprint density at radius 3 is 2.32 bits per heavy atom. The standard InChI is InChI=1S/C19H30N4O4S/c1-14(24)20-15-7-8-17(21-28(5,26)27)16(13-15)18(25)22-9-6-10-23(12-11-22)19(2,3)4/h7-8,13,21H,6,9-12H2,1-5H3,(H,20,24). The molecule has 2 rings (SSSR count). The van der Waals surface area contributed by atoms with Crippen molar-refractivity contribution in [3.8, 4) is 0 Å². The molecule has 156 valence electrons. The van der Waals surface area contributed by atoms with Gasteiger partial charge >= 0.3 is 0 Å². The maximum absolute atomic E-state index is 13.2. The molecule has 0 aromatic heterocycles. The minimum atomic E-state index is -3.55. The van der Waals surface area contributed by atoms with Crippen molar-refractivity contribution in [3.05, 3.63) is 23.8 Å². The molecule has 1 aliphatic rings. The third kappa shape index (κ3) is 6.20. The Balaban J connectivity index is 2.32. The van der Waals surface area contributed by atoms with Crippen LogP contribution >= 0.6 is 0 Å². The molecule has 0 saturated carbocycles. The van der Waals surface area contributed by atoms with E-state index in [1.165, 1.54) is 19.1 Å². The van der Waals surface area contributed by atoms with Gasteiger partial charge in [0.1, 0.15) is 0 Å². The number of nitrogens with one attached hydrogen (secondary N) is 2. The Bertz CT molecular complexity index is 846. The molecule has 8 nitrogen and oxygen atoms in total. The zero-order valence-corrected chi connectivity index (χ0v) is 18.0. The Hall–Kier alpha value is -2.13. The predicted molar refractivity (Wildman–Crippen MR) is 111 cm³/mol. The summed E-state index contributed by atoms with van der Waals surface area (Å²) in [5, 5.41) is 2.64. The Morgan fingerprint density at radius 2 is 1.75 bits per heavy atom. The fourth-order valence-corrected chi connectivity index (χ4v) is 3.83. The summed E-state index contributed by atoms with van der Waals surface area (Å²) in [7, 11) is -3.55. The normalized spacial score (nSPS) is 16.4. The van der Waals surface area contributed by atoms with Gasteiger partial charge in [-0.3, -0.25) is 19.2 Å². The van der Waals surface area contributed by atoms with Crippen molar-refractivity contribution in [1.29, 1.82) is 0 Å². The number of benzene rings is 1. The number of hydrogen-bond donors (Lipinski definition) is 2. The molecule has 1 aromatic rings. The largest absolute Gasteiger partial charge is 0.337 e. The fourth-order valence-electron chi connectivity index (χ4n) is 3.25. The number of amides is 2. The molecule has 0 bridgehead atoms. The van der Waals surface area contributed by atoms with Gasteiger partial charge in [0.15, 0.2) is 0 Å². The number of sulfonamides is 1. The quantitative estimate of drug-likeness (QED) is 0.791. The Kier molecular flexibility index (Phi) is 6.71. The highest BCUT2D eigenvalue weighted by Gasteiger charge is 2.27. The summed E-state index contributed by atoms with van der Waals surface area (Å²) in [6.45, 7) is 10.6. The van der Waals surface area contributed by atoms with Crippen LogP contribution in [0.3, 0.4) is 0 Å². The first-order valence-corrected chi connectivity index (χ1v) is 11.2. The van der Waals surface area contributed by atoms with E-state index < -0.39 is 10.0 Å². The average Bonchev–Trinajstić information content (AvgIpc) is 2.79. The average molecular weight is 411 g/mol. The Morgan fingerprint density at radius 1 is 1.07 bits per heavy atom. The maximum atomic E-state index is 13.2. The van der Waals surface area contributed by atoms with E-state index in [2.05, 4.69) is 35.7 Å². The lowest BCUT2D eigenvalue weighted by Gasteiger charge is -2.34. The zero-order chi connectivity index (χ0) is 21.1. The molecule has 28 heavy (non-hydrogen) atoms. The molecule has 0 spiro atoms. The van der Waals surface area contributed by atoms with Gasteiger partial charge in [-0.1, -0.05) is 0 Å². The van der Waals surface area contributed by atoms with Crippen molar-refractivity contribution in [2.45, 2.75) is 39.7 Å². The van der Waals surface area contributed by atoms with Crippen LogP contribution in [0.25, 0.3) is 0 Å². The highest BCUT2D eigenvalue weighted by Crippen LogP contribution is 2.25. The summed E-state index contributed by atoms with van der Waals surface area (Å²) >= 11 is 0. The van der Waals surface area contributed by atoms with E-state index in [1.807, 2.05) is 0 Å². The monoisotopic (exact) mass is 410 g/mol. The first-order chi connectivity index (χ1) is 12.9. The number of anilines is 2. The molecule has 0 atom stereocenters. The van der Waals surface area contributed by atoms with Crippen LogP contribution in [-0.2, 0) is 14.8 Å². The lowest BCUT2D eigenvalue weighted by Crippen LogP contribution is -2.44. The number of carbonyl (C=O) groups excluding carboxylic acids is 2.